The molecule has 0 amide bonds. The molecule has 0 atom stereocenters. The van der Waals surface area contributed by atoms with Crippen molar-refractivity contribution in [3.05, 3.63) is 72.1 Å². The summed E-state index contributed by atoms with van der Waals surface area (Å²) >= 11 is 0. The van der Waals surface area contributed by atoms with Crippen LogP contribution in [-0.2, 0) is 0 Å². The monoisotopic (exact) mass is 311 g/mol. The number of nitrogens with one attached hydrogen (secondary N) is 1. The van der Waals surface area contributed by atoms with E-state index in [0.717, 1.165) is 11.1 Å². The summed E-state index contributed by atoms with van der Waals surface area (Å²) in [7, 11) is 0. The van der Waals surface area contributed by atoms with Crippen LogP contribution in [0.3, 0.4) is 0 Å². The van der Waals surface area contributed by atoms with Crippen LogP contribution in [0, 0.1) is 0 Å². The zero-order chi connectivity index (χ0) is 16.8. The van der Waals surface area contributed by atoms with Crippen molar-refractivity contribution in [3.63, 3.8) is 0 Å². The van der Waals surface area contributed by atoms with E-state index >= 15 is 0 Å². The van der Waals surface area contributed by atoms with E-state index in [0.29, 0.717) is 36.0 Å². The number of aromatic nitrogens is 1. The number of ether oxygens (including phenoxy) is 2. The lowest BCUT2D eigenvalue weighted by atomic mass is 10.1. The summed E-state index contributed by atoms with van der Waals surface area (Å²) < 4.78 is 11.3. The minimum Gasteiger partial charge on any atom is -0.489 e. The van der Waals surface area contributed by atoms with Crippen molar-refractivity contribution in [1.82, 2.24) is 4.98 Å². The number of hydrogen-bond acceptors (Lipinski definition) is 3. The van der Waals surface area contributed by atoms with Gasteiger partial charge in [-0.1, -0.05) is 13.2 Å². The number of rotatable bonds is 8. The SMILES string of the molecule is C=C(C)COc1cc(OCC(=C)C)cc(C(=O)c2ccc[nH]2)c1. The molecule has 4 heteroatoms. The van der Waals surface area contributed by atoms with E-state index in [2.05, 4.69) is 18.1 Å². The predicted molar refractivity (Wildman–Crippen MR) is 91.3 cm³/mol. The second kappa shape index (κ2) is 7.49. The number of aromatic amines is 1. The van der Waals surface area contributed by atoms with Crippen LogP contribution in [0.1, 0.15) is 29.9 Å². The minimum atomic E-state index is -0.115. The first-order valence-electron chi connectivity index (χ1n) is 7.33. The summed E-state index contributed by atoms with van der Waals surface area (Å²) in [5.41, 5.74) is 2.82. The number of carbonyl (C=O) groups is 1. The lowest BCUT2D eigenvalue weighted by Gasteiger charge is -2.12. The topological polar surface area (TPSA) is 51.3 Å². The first-order valence-corrected chi connectivity index (χ1v) is 7.33. The Kier molecular flexibility index (Phi) is 5.41. The Morgan fingerprint density at radius 3 is 2.04 bits per heavy atom. The van der Waals surface area contributed by atoms with Gasteiger partial charge in [0.1, 0.15) is 24.7 Å². The van der Waals surface area contributed by atoms with E-state index in [9.17, 15) is 4.79 Å². The van der Waals surface area contributed by atoms with Gasteiger partial charge in [0.2, 0.25) is 5.78 Å². The fourth-order valence-corrected chi connectivity index (χ4v) is 1.91. The Morgan fingerprint density at radius 1 is 1.04 bits per heavy atom. The van der Waals surface area contributed by atoms with E-state index in [1.165, 1.54) is 0 Å². The molecule has 1 aromatic carbocycles. The summed E-state index contributed by atoms with van der Waals surface area (Å²) in [4.78, 5) is 15.4. The summed E-state index contributed by atoms with van der Waals surface area (Å²) in [6.45, 7) is 12.2. The molecule has 1 N–H and O–H groups in total. The zero-order valence-corrected chi connectivity index (χ0v) is 13.5. The van der Waals surface area contributed by atoms with Crippen molar-refractivity contribution in [2.45, 2.75) is 13.8 Å². The van der Waals surface area contributed by atoms with Crippen molar-refractivity contribution in [2.24, 2.45) is 0 Å². The molecule has 2 rings (SSSR count). The van der Waals surface area contributed by atoms with E-state index in [1.807, 2.05) is 13.8 Å². The van der Waals surface area contributed by atoms with Gasteiger partial charge in [-0.2, -0.15) is 0 Å². The molecular weight excluding hydrogens is 290 g/mol. The maximum Gasteiger partial charge on any atom is 0.209 e. The Bertz CT molecular complexity index is 678. The third kappa shape index (κ3) is 4.88. The van der Waals surface area contributed by atoms with Crippen LogP contribution in [-0.4, -0.2) is 24.0 Å². The highest BCUT2D eigenvalue weighted by Gasteiger charge is 2.13. The molecule has 23 heavy (non-hydrogen) atoms. The second-order valence-corrected chi connectivity index (χ2v) is 5.60. The molecule has 0 aliphatic carbocycles. The fraction of sp³-hybridized carbons (Fsp3) is 0.211. The highest BCUT2D eigenvalue weighted by Crippen LogP contribution is 2.25. The number of benzene rings is 1. The molecule has 1 aromatic heterocycles. The number of H-pyrrole nitrogens is 1. The van der Waals surface area contributed by atoms with Crippen molar-refractivity contribution < 1.29 is 14.3 Å². The lowest BCUT2D eigenvalue weighted by Crippen LogP contribution is -2.06. The zero-order valence-electron chi connectivity index (χ0n) is 13.5. The van der Waals surface area contributed by atoms with Gasteiger partial charge >= 0.3 is 0 Å². The minimum absolute atomic E-state index is 0.115. The Morgan fingerprint density at radius 2 is 1.61 bits per heavy atom. The van der Waals surface area contributed by atoms with E-state index < -0.39 is 0 Å². The van der Waals surface area contributed by atoms with Gasteiger partial charge in [0.05, 0.1) is 5.69 Å². The highest BCUT2D eigenvalue weighted by molar-refractivity contribution is 6.08. The van der Waals surface area contributed by atoms with Gasteiger partial charge in [-0.3, -0.25) is 4.79 Å². The number of carbonyl (C=O) groups excluding carboxylic acids is 1. The van der Waals surface area contributed by atoms with Crippen LogP contribution in [0.5, 0.6) is 11.5 Å². The molecule has 0 saturated heterocycles. The quantitative estimate of drug-likeness (QED) is 0.588. The van der Waals surface area contributed by atoms with Crippen molar-refractivity contribution in [1.29, 1.82) is 0 Å². The van der Waals surface area contributed by atoms with Crippen LogP contribution >= 0.6 is 0 Å². The Labute approximate surface area is 136 Å². The molecule has 0 radical (unpaired) electrons. The fourth-order valence-electron chi connectivity index (χ4n) is 1.91. The second-order valence-electron chi connectivity index (χ2n) is 5.60. The largest absolute Gasteiger partial charge is 0.489 e. The number of ketones is 1. The molecule has 2 aromatic rings. The Hall–Kier alpha value is -2.75. The van der Waals surface area contributed by atoms with Gasteiger partial charge in [0, 0.05) is 17.8 Å². The average Bonchev–Trinajstić information content (AvgIpc) is 3.04. The molecule has 0 saturated carbocycles. The number of hydrogen-bond donors (Lipinski definition) is 1. The van der Waals surface area contributed by atoms with Crippen molar-refractivity contribution in [2.75, 3.05) is 13.2 Å². The molecule has 0 fully saturated rings. The van der Waals surface area contributed by atoms with E-state index in [4.69, 9.17) is 9.47 Å². The molecule has 120 valence electrons. The molecule has 0 spiro atoms. The van der Waals surface area contributed by atoms with Gasteiger partial charge in [-0.05, 0) is 49.3 Å². The van der Waals surface area contributed by atoms with E-state index in [-0.39, 0.29) is 5.78 Å². The highest BCUT2D eigenvalue weighted by atomic mass is 16.5. The summed E-state index contributed by atoms with van der Waals surface area (Å²) in [6, 6.07) is 8.70. The maximum atomic E-state index is 12.5. The van der Waals surface area contributed by atoms with Crippen molar-refractivity contribution >= 4 is 5.78 Å². The molecule has 0 aliphatic rings. The van der Waals surface area contributed by atoms with Crippen LogP contribution < -0.4 is 9.47 Å². The van der Waals surface area contributed by atoms with Crippen LogP contribution in [0.4, 0.5) is 0 Å². The van der Waals surface area contributed by atoms with Gasteiger partial charge in [0.15, 0.2) is 0 Å². The van der Waals surface area contributed by atoms with Gasteiger partial charge in [0.25, 0.3) is 0 Å². The van der Waals surface area contributed by atoms with Crippen LogP contribution in [0.2, 0.25) is 0 Å². The maximum absolute atomic E-state index is 12.5. The molecule has 1 heterocycles. The smallest absolute Gasteiger partial charge is 0.209 e. The molecular formula is C19H21NO3. The van der Waals surface area contributed by atoms with Gasteiger partial charge < -0.3 is 14.5 Å². The third-order valence-corrected chi connectivity index (χ3v) is 2.96. The van der Waals surface area contributed by atoms with Crippen LogP contribution in [0.15, 0.2) is 60.8 Å². The van der Waals surface area contributed by atoms with Crippen molar-refractivity contribution in [3.8, 4) is 11.5 Å². The average molecular weight is 311 g/mol. The summed E-state index contributed by atoms with van der Waals surface area (Å²) in [5.74, 6) is 1.03. The molecule has 0 bridgehead atoms. The first kappa shape index (κ1) is 16.6. The van der Waals surface area contributed by atoms with Gasteiger partial charge in [-0.15, -0.1) is 0 Å². The third-order valence-electron chi connectivity index (χ3n) is 2.96. The lowest BCUT2D eigenvalue weighted by molar-refractivity contribution is 0.103. The van der Waals surface area contributed by atoms with Crippen LogP contribution in [0.25, 0.3) is 0 Å². The molecule has 0 unspecified atom stereocenters. The normalized spacial score (nSPS) is 10.2. The summed E-state index contributed by atoms with van der Waals surface area (Å²) in [5, 5.41) is 0. The summed E-state index contributed by atoms with van der Waals surface area (Å²) in [6.07, 6.45) is 1.72. The first-order chi connectivity index (χ1) is 11.0. The molecule has 4 nitrogen and oxygen atoms in total. The standard InChI is InChI=1S/C19H21NO3/c1-13(2)11-22-16-8-15(19(21)18-6-5-7-20-18)9-17(10-16)23-12-14(3)4/h5-10,20H,1,3,11-12H2,2,4H3. The predicted octanol–water partition coefficient (Wildman–Crippen LogP) is 4.16. The molecule has 0 aliphatic heterocycles. The van der Waals surface area contributed by atoms with E-state index in [1.54, 1.807) is 36.5 Å². The Balaban J connectivity index is 2.29. The van der Waals surface area contributed by atoms with Gasteiger partial charge in [-0.25, -0.2) is 0 Å².